The van der Waals surface area contributed by atoms with E-state index >= 15 is 0 Å². The van der Waals surface area contributed by atoms with E-state index in [9.17, 15) is 9.59 Å². The highest BCUT2D eigenvalue weighted by Crippen LogP contribution is 2.44. The van der Waals surface area contributed by atoms with Crippen molar-refractivity contribution in [1.29, 1.82) is 0 Å². The lowest BCUT2D eigenvalue weighted by Crippen LogP contribution is -2.48. The van der Waals surface area contributed by atoms with Gasteiger partial charge in [0.05, 0.1) is 20.8 Å². The van der Waals surface area contributed by atoms with Gasteiger partial charge in [0.15, 0.2) is 11.6 Å². The van der Waals surface area contributed by atoms with Gasteiger partial charge in [-0.25, -0.2) is 4.99 Å². The van der Waals surface area contributed by atoms with Crippen LogP contribution in [0, 0.1) is 0 Å². The summed E-state index contributed by atoms with van der Waals surface area (Å²) in [5.74, 6) is 1.24. The zero-order valence-corrected chi connectivity index (χ0v) is 26.5. The predicted molar refractivity (Wildman–Crippen MR) is 170 cm³/mol. The van der Waals surface area contributed by atoms with Crippen molar-refractivity contribution in [3.63, 3.8) is 0 Å². The highest BCUT2D eigenvalue weighted by atomic mass is 16.6. The Kier molecular flexibility index (Phi) is 11.1. The Morgan fingerprint density at radius 2 is 1.73 bits per heavy atom. The number of carbonyl (C=O) groups is 2. The summed E-state index contributed by atoms with van der Waals surface area (Å²) in [6, 6.07) is 21.8. The van der Waals surface area contributed by atoms with E-state index in [1.807, 2.05) is 36.4 Å². The molecule has 0 saturated carbocycles. The lowest BCUT2D eigenvalue weighted by molar-refractivity contribution is -0.155. The molecule has 2 atom stereocenters. The van der Waals surface area contributed by atoms with Crippen molar-refractivity contribution < 1.29 is 38.4 Å². The molecule has 1 heterocycles. The van der Waals surface area contributed by atoms with E-state index in [2.05, 4.69) is 5.32 Å². The fraction of sp³-hybridized carbons (Fsp3) is 0.400. The normalized spacial score (nSPS) is 17.6. The maximum atomic E-state index is 14.4. The largest absolute Gasteiger partial charge is 0.497 e. The molecule has 240 valence electrons. The number of nitrogens with zero attached hydrogens (tertiary/aromatic N) is 1. The quantitative estimate of drug-likeness (QED) is 0.188. The van der Waals surface area contributed by atoms with E-state index in [-0.39, 0.29) is 31.9 Å². The standard InChI is InChI=1S/C35H42N2O8/c1-34(2,3)45-30(39)18-19-35(33(40)36-23-26-10-6-7-13-29(26)42-5)31(25-11-8-12-28(22-25)41-4)44-32(37-35)24-14-16-27(17-15-24)43-21-9-20-38/h6-8,10-17,22,31,38H,9,18-21,23H2,1-5H3,(H,36,40)/t31-,35-/m1/s1. The van der Waals surface area contributed by atoms with Gasteiger partial charge in [0.2, 0.25) is 5.90 Å². The van der Waals surface area contributed by atoms with E-state index in [1.165, 1.54) is 0 Å². The van der Waals surface area contributed by atoms with Gasteiger partial charge < -0.3 is 34.1 Å². The maximum Gasteiger partial charge on any atom is 0.306 e. The van der Waals surface area contributed by atoms with Crippen LogP contribution in [0.25, 0.3) is 0 Å². The van der Waals surface area contributed by atoms with Crippen LogP contribution in [0.3, 0.4) is 0 Å². The minimum absolute atomic E-state index is 0.0212. The highest BCUT2D eigenvalue weighted by Gasteiger charge is 2.53. The summed E-state index contributed by atoms with van der Waals surface area (Å²) >= 11 is 0. The molecule has 1 aliphatic heterocycles. The SMILES string of the molecule is COc1cccc([C@H]2OC(c3ccc(OCCCO)cc3)=N[C@@]2(CCC(=O)OC(C)(C)C)C(=O)NCc2ccccc2OC)c1. The van der Waals surface area contributed by atoms with Gasteiger partial charge in [0, 0.05) is 37.1 Å². The van der Waals surface area contributed by atoms with Gasteiger partial charge >= 0.3 is 5.97 Å². The molecule has 4 rings (SSSR count). The number of ether oxygens (including phenoxy) is 5. The Morgan fingerprint density at radius 3 is 2.42 bits per heavy atom. The monoisotopic (exact) mass is 618 g/mol. The molecule has 0 aromatic heterocycles. The average Bonchev–Trinajstić information content (AvgIpc) is 3.43. The molecule has 3 aromatic carbocycles. The molecule has 1 amide bonds. The van der Waals surface area contributed by atoms with E-state index in [0.717, 1.165) is 5.56 Å². The summed E-state index contributed by atoms with van der Waals surface area (Å²) in [7, 11) is 3.14. The van der Waals surface area contributed by atoms with Crippen LogP contribution >= 0.6 is 0 Å². The van der Waals surface area contributed by atoms with Crippen LogP contribution in [0.4, 0.5) is 0 Å². The Balaban J connectivity index is 1.75. The van der Waals surface area contributed by atoms with Crippen molar-refractivity contribution in [2.45, 2.75) is 63.8 Å². The zero-order chi connectivity index (χ0) is 32.5. The number of para-hydroxylation sites is 1. The van der Waals surface area contributed by atoms with Crippen LogP contribution in [-0.4, -0.2) is 61.5 Å². The van der Waals surface area contributed by atoms with Crippen LogP contribution in [0.15, 0.2) is 77.8 Å². The molecule has 0 saturated heterocycles. The Bertz CT molecular complexity index is 1480. The van der Waals surface area contributed by atoms with Crippen molar-refractivity contribution in [2.24, 2.45) is 4.99 Å². The van der Waals surface area contributed by atoms with Gasteiger partial charge in [-0.3, -0.25) is 9.59 Å². The molecular weight excluding hydrogens is 576 g/mol. The number of benzene rings is 3. The van der Waals surface area contributed by atoms with Crippen LogP contribution in [0.2, 0.25) is 0 Å². The number of aliphatic imine (C=N–C) groups is 1. The van der Waals surface area contributed by atoms with Gasteiger partial charge in [-0.1, -0.05) is 30.3 Å². The molecule has 0 fully saturated rings. The van der Waals surface area contributed by atoms with E-state index in [4.69, 9.17) is 33.8 Å². The first-order valence-electron chi connectivity index (χ1n) is 14.9. The van der Waals surface area contributed by atoms with Crippen molar-refractivity contribution in [2.75, 3.05) is 27.4 Å². The molecule has 0 unspecified atom stereocenters. The number of aliphatic hydroxyl groups is 1. The van der Waals surface area contributed by atoms with E-state index in [0.29, 0.717) is 41.4 Å². The predicted octanol–water partition coefficient (Wildman–Crippen LogP) is 5.16. The second-order valence-corrected chi connectivity index (χ2v) is 11.6. The van der Waals surface area contributed by atoms with E-state index < -0.39 is 29.1 Å². The molecule has 3 aromatic rings. The third-order valence-electron chi connectivity index (χ3n) is 7.19. The second-order valence-electron chi connectivity index (χ2n) is 11.6. The van der Waals surface area contributed by atoms with Crippen LogP contribution in [0.5, 0.6) is 17.2 Å². The van der Waals surface area contributed by atoms with Gasteiger partial charge in [-0.15, -0.1) is 0 Å². The van der Waals surface area contributed by atoms with Gasteiger partial charge in [0.1, 0.15) is 22.8 Å². The molecule has 0 aliphatic carbocycles. The van der Waals surface area contributed by atoms with Crippen molar-refractivity contribution in [1.82, 2.24) is 5.32 Å². The topological polar surface area (TPSA) is 125 Å². The molecule has 10 nitrogen and oxygen atoms in total. The Labute approximate surface area is 264 Å². The van der Waals surface area contributed by atoms with Crippen molar-refractivity contribution >= 4 is 17.8 Å². The summed E-state index contributed by atoms with van der Waals surface area (Å²) in [5.41, 5.74) is -0.141. The number of methoxy groups -OCH3 is 2. The molecule has 45 heavy (non-hydrogen) atoms. The summed E-state index contributed by atoms with van der Waals surface area (Å²) < 4.78 is 28.8. The first-order chi connectivity index (χ1) is 21.6. The Hall–Kier alpha value is -4.57. The number of carbonyl (C=O) groups excluding carboxylic acids is 2. The summed E-state index contributed by atoms with van der Waals surface area (Å²) in [6.07, 6.45) is -0.419. The highest BCUT2D eigenvalue weighted by molar-refractivity contribution is 6.01. The fourth-order valence-electron chi connectivity index (χ4n) is 5.04. The molecule has 10 heteroatoms. The lowest BCUT2D eigenvalue weighted by atomic mass is 9.83. The summed E-state index contributed by atoms with van der Waals surface area (Å²) in [4.78, 5) is 32.3. The number of amides is 1. The number of esters is 1. The molecule has 0 spiro atoms. The number of aliphatic hydroxyl groups excluding tert-OH is 1. The van der Waals surface area contributed by atoms with Crippen molar-refractivity contribution in [3.05, 3.63) is 89.5 Å². The second kappa shape index (κ2) is 14.9. The van der Waals surface area contributed by atoms with Crippen LogP contribution < -0.4 is 19.5 Å². The van der Waals surface area contributed by atoms with Gasteiger partial charge in [0.25, 0.3) is 5.91 Å². The minimum Gasteiger partial charge on any atom is -0.497 e. The number of rotatable bonds is 14. The average molecular weight is 619 g/mol. The zero-order valence-electron chi connectivity index (χ0n) is 26.5. The maximum absolute atomic E-state index is 14.4. The molecule has 2 N–H and O–H groups in total. The van der Waals surface area contributed by atoms with E-state index in [1.54, 1.807) is 71.4 Å². The first kappa shape index (κ1) is 33.3. The summed E-state index contributed by atoms with van der Waals surface area (Å²) in [5, 5.41) is 12.1. The third kappa shape index (κ3) is 8.54. The molecular formula is C35H42N2O8. The fourth-order valence-corrected chi connectivity index (χ4v) is 5.04. The van der Waals surface area contributed by atoms with Crippen LogP contribution in [-0.2, 0) is 25.6 Å². The van der Waals surface area contributed by atoms with Gasteiger partial charge in [-0.2, -0.15) is 0 Å². The minimum atomic E-state index is -1.53. The Morgan fingerprint density at radius 1 is 0.978 bits per heavy atom. The van der Waals surface area contributed by atoms with Crippen LogP contribution in [0.1, 0.15) is 62.8 Å². The van der Waals surface area contributed by atoms with Crippen molar-refractivity contribution in [3.8, 4) is 17.2 Å². The first-order valence-corrected chi connectivity index (χ1v) is 14.9. The molecule has 1 aliphatic rings. The van der Waals surface area contributed by atoms with Gasteiger partial charge in [-0.05, 0) is 75.2 Å². The number of hydrogen-bond donors (Lipinski definition) is 2. The molecule has 0 radical (unpaired) electrons. The number of hydrogen-bond acceptors (Lipinski definition) is 9. The molecule has 0 bridgehead atoms. The summed E-state index contributed by atoms with van der Waals surface area (Å²) in [6.45, 7) is 5.99. The smallest absolute Gasteiger partial charge is 0.306 e. The third-order valence-corrected chi connectivity index (χ3v) is 7.19. The number of nitrogens with one attached hydrogen (secondary N) is 1. The lowest BCUT2D eigenvalue weighted by Gasteiger charge is -2.31.